The number of amides is 1. The van der Waals surface area contributed by atoms with E-state index in [-0.39, 0.29) is 5.82 Å². The van der Waals surface area contributed by atoms with Crippen LogP contribution in [0.1, 0.15) is 12.6 Å². The molecule has 106 valence electrons. The number of nitrogens with one attached hydrogen (secondary N) is 1. The van der Waals surface area contributed by atoms with Crippen LogP contribution in [0.5, 0.6) is 0 Å². The van der Waals surface area contributed by atoms with Crippen LogP contribution in [0.25, 0.3) is 5.69 Å². The fourth-order valence-corrected chi connectivity index (χ4v) is 1.69. The van der Waals surface area contributed by atoms with Gasteiger partial charge in [0.05, 0.1) is 5.69 Å². The van der Waals surface area contributed by atoms with Gasteiger partial charge in [0.2, 0.25) is 5.91 Å². The van der Waals surface area contributed by atoms with Gasteiger partial charge in [0, 0.05) is 18.0 Å². The number of nitrogens with zero attached hydrogens (tertiary/aromatic N) is 2. The minimum absolute atomic E-state index is 0.0628. The number of carbonyl (C=O) groups excluding carboxylic acids is 1. The van der Waals surface area contributed by atoms with E-state index in [4.69, 9.17) is 11.6 Å². The summed E-state index contributed by atoms with van der Waals surface area (Å²) >= 11 is 5.72. The maximum atomic E-state index is 12.7. The third kappa shape index (κ3) is 3.11. The van der Waals surface area contributed by atoms with Crippen LogP contribution in [-0.4, -0.2) is 15.7 Å². The average molecular weight is 304 g/mol. The summed E-state index contributed by atoms with van der Waals surface area (Å²) in [6.45, 7) is 1.20. The van der Waals surface area contributed by atoms with Crippen molar-refractivity contribution in [2.24, 2.45) is 0 Å². The Morgan fingerprint density at radius 3 is 2.40 bits per heavy atom. The SMILES string of the molecule is CC(=O)Nc1cc(C(F)(F)F)nn1-c1ccc(Cl)cc1. The molecule has 1 amide bonds. The molecule has 0 radical (unpaired) electrons. The van der Waals surface area contributed by atoms with Crippen LogP contribution >= 0.6 is 11.6 Å². The fraction of sp³-hybridized carbons (Fsp3) is 0.167. The van der Waals surface area contributed by atoms with E-state index >= 15 is 0 Å². The van der Waals surface area contributed by atoms with Crippen molar-refractivity contribution in [3.63, 3.8) is 0 Å². The third-order valence-electron chi connectivity index (χ3n) is 2.38. The molecule has 0 fully saturated rings. The first kappa shape index (κ1) is 14.4. The molecule has 1 aromatic heterocycles. The Morgan fingerprint density at radius 2 is 1.90 bits per heavy atom. The zero-order valence-electron chi connectivity index (χ0n) is 10.2. The maximum Gasteiger partial charge on any atom is 0.435 e. The van der Waals surface area contributed by atoms with Crippen LogP contribution in [0.15, 0.2) is 30.3 Å². The first-order chi connectivity index (χ1) is 9.27. The predicted molar refractivity (Wildman–Crippen MR) is 67.9 cm³/mol. The van der Waals surface area contributed by atoms with Gasteiger partial charge >= 0.3 is 6.18 Å². The van der Waals surface area contributed by atoms with Crippen molar-refractivity contribution in [2.75, 3.05) is 5.32 Å². The molecule has 0 aliphatic rings. The smallest absolute Gasteiger partial charge is 0.311 e. The molecule has 8 heteroatoms. The van der Waals surface area contributed by atoms with Crippen molar-refractivity contribution in [2.45, 2.75) is 13.1 Å². The van der Waals surface area contributed by atoms with Crippen molar-refractivity contribution < 1.29 is 18.0 Å². The Bertz CT molecular complexity index is 634. The fourth-order valence-electron chi connectivity index (χ4n) is 1.57. The van der Waals surface area contributed by atoms with Crippen molar-refractivity contribution in [3.05, 3.63) is 41.0 Å². The minimum Gasteiger partial charge on any atom is -0.311 e. The van der Waals surface area contributed by atoms with E-state index in [0.29, 0.717) is 10.7 Å². The minimum atomic E-state index is -4.59. The standard InChI is InChI=1S/C12H9ClF3N3O/c1-7(20)17-11-6-10(12(14,15)16)18-19(11)9-4-2-8(13)3-5-9/h2-6H,1H3,(H,17,20). The summed E-state index contributed by atoms with van der Waals surface area (Å²) in [5.41, 5.74) is -0.732. The second-order valence-electron chi connectivity index (χ2n) is 3.98. The zero-order chi connectivity index (χ0) is 14.9. The third-order valence-corrected chi connectivity index (χ3v) is 2.63. The Balaban J connectivity index is 2.52. The lowest BCUT2D eigenvalue weighted by atomic mass is 10.3. The molecule has 0 bridgehead atoms. The van der Waals surface area contributed by atoms with Gasteiger partial charge in [0.25, 0.3) is 0 Å². The lowest BCUT2D eigenvalue weighted by Crippen LogP contribution is -2.11. The van der Waals surface area contributed by atoms with E-state index in [1.54, 1.807) is 0 Å². The van der Waals surface area contributed by atoms with E-state index in [2.05, 4.69) is 10.4 Å². The van der Waals surface area contributed by atoms with Crippen LogP contribution in [0, 0.1) is 0 Å². The molecule has 1 N–H and O–H groups in total. The normalized spacial score (nSPS) is 11.4. The first-order valence-electron chi connectivity index (χ1n) is 5.48. The number of hydrogen-bond acceptors (Lipinski definition) is 2. The number of carbonyl (C=O) groups is 1. The van der Waals surface area contributed by atoms with Crippen LogP contribution in [-0.2, 0) is 11.0 Å². The molecule has 0 spiro atoms. The molecule has 0 saturated heterocycles. The number of anilines is 1. The van der Waals surface area contributed by atoms with E-state index in [1.807, 2.05) is 0 Å². The van der Waals surface area contributed by atoms with Crippen LogP contribution in [0.4, 0.5) is 19.0 Å². The van der Waals surface area contributed by atoms with Gasteiger partial charge in [-0.2, -0.15) is 18.3 Å². The lowest BCUT2D eigenvalue weighted by molar-refractivity contribution is -0.141. The summed E-state index contributed by atoms with van der Waals surface area (Å²) in [5, 5.41) is 6.22. The van der Waals surface area contributed by atoms with Gasteiger partial charge in [-0.1, -0.05) is 11.6 Å². The molecule has 0 atom stereocenters. The summed E-state index contributed by atoms with van der Waals surface area (Å²) in [5.74, 6) is -0.555. The van der Waals surface area contributed by atoms with Gasteiger partial charge in [-0.3, -0.25) is 4.79 Å². The highest BCUT2D eigenvalue weighted by Gasteiger charge is 2.35. The van der Waals surface area contributed by atoms with Crippen LogP contribution in [0.2, 0.25) is 5.02 Å². The molecule has 0 unspecified atom stereocenters. The van der Waals surface area contributed by atoms with Gasteiger partial charge in [0.1, 0.15) is 5.82 Å². The summed E-state index contributed by atoms with van der Waals surface area (Å²) in [6.07, 6.45) is -4.59. The molecule has 2 aromatic rings. The van der Waals surface area contributed by atoms with Crippen molar-refractivity contribution in [3.8, 4) is 5.69 Å². The van der Waals surface area contributed by atoms with Crippen molar-refractivity contribution >= 4 is 23.3 Å². The topological polar surface area (TPSA) is 46.9 Å². The lowest BCUT2D eigenvalue weighted by Gasteiger charge is -2.07. The quantitative estimate of drug-likeness (QED) is 0.923. The first-order valence-corrected chi connectivity index (χ1v) is 5.86. The highest BCUT2D eigenvalue weighted by molar-refractivity contribution is 6.30. The maximum absolute atomic E-state index is 12.7. The molecule has 0 saturated carbocycles. The Labute approximate surface area is 117 Å². The second kappa shape index (κ2) is 5.16. The Hall–Kier alpha value is -2.02. The van der Waals surface area contributed by atoms with Gasteiger partial charge in [-0.15, -0.1) is 0 Å². The van der Waals surface area contributed by atoms with Gasteiger partial charge in [-0.05, 0) is 24.3 Å². The summed E-state index contributed by atoms with van der Waals surface area (Å²) in [7, 11) is 0. The number of halogens is 4. The monoisotopic (exact) mass is 303 g/mol. The van der Waals surface area contributed by atoms with Crippen molar-refractivity contribution in [1.82, 2.24) is 9.78 Å². The molecular formula is C12H9ClF3N3O. The van der Waals surface area contributed by atoms with Crippen LogP contribution < -0.4 is 5.32 Å². The molecule has 1 aromatic carbocycles. The molecule has 0 aliphatic heterocycles. The average Bonchev–Trinajstić information content (AvgIpc) is 2.73. The largest absolute Gasteiger partial charge is 0.435 e. The molecule has 1 heterocycles. The number of alkyl halides is 3. The summed E-state index contributed by atoms with van der Waals surface area (Å²) in [4.78, 5) is 11.1. The molecule has 4 nitrogen and oxygen atoms in total. The molecule has 20 heavy (non-hydrogen) atoms. The number of hydrogen-bond donors (Lipinski definition) is 1. The second-order valence-corrected chi connectivity index (χ2v) is 4.42. The van der Waals surface area contributed by atoms with Crippen molar-refractivity contribution in [1.29, 1.82) is 0 Å². The highest BCUT2D eigenvalue weighted by atomic mass is 35.5. The van der Waals surface area contributed by atoms with E-state index in [1.165, 1.54) is 31.2 Å². The number of benzene rings is 1. The van der Waals surface area contributed by atoms with Gasteiger partial charge in [-0.25, -0.2) is 4.68 Å². The highest BCUT2D eigenvalue weighted by Crippen LogP contribution is 2.31. The number of rotatable bonds is 2. The molecule has 0 aliphatic carbocycles. The summed E-state index contributed by atoms with van der Waals surface area (Å²) in [6, 6.07) is 6.81. The van der Waals surface area contributed by atoms with E-state index in [0.717, 1.165) is 10.7 Å². The van der Waals surface area contributed by atoms with Gasteiger partial charge in [0.15, 0.2) is 5.69 Å². The Kier molecular flexibility index (Phi) is 3.71. The zero-order valence-corrected chi connectivity index (χ0v) is 11.0. The molecule has 2 rings (SSSR count). The Morgan fingerprint density at radius 1 is 1.30 bits per heavy atom. The van der Waals surface area contributed by atoms with E-state index < -0.39 is 17.8 Å². The predicted octanol–water partition coefficient (Wildman–Crippen LogP) is 3.50. The number of aromatic nitrogens is 2. The van der Waals surface area contributed by atoms with Crippen LogP contribution in [0.3, 0.4) is 0 Å². The van der Waals surface area contributed by atoms with Gasteiger partial charge < -0.3 is 5.32 Å². The van der Waals surface area contributed by atoms with E-state index in [9.17, 15) is 18.0 Å². The molecular weight excluding hydrogens is 295 g/mol. The summed E-state index contributed by atoms with van der Waals surface area (Å²) < 4.78 is 39.1.